The molecule has 0 aliphatic carbocycles. The van der Waals surface area contributed by atoms with Crippen molar-refractivity contribution in [3.05, 3.63) is 90.1 Å². The first-order valence-corrected chi connectivity index (χ1v) is 11.7. The van der Waals surface area contributed by atoms with Gasteiger partial charge >= 0.3 is 6.09 Å². The summed E-state index contributed by atoms with van der Waals surface area (Å²) in [5, 5.41) is 10.7. The van der Waals surface area contributed by atoms with Gasteiger partial charge < -0.3 is 20.5 Å². The smallest absolute Gasteiger partial charge is 0.410 e. The van der Waals surface area contributed by atoms with E-state index in [1.807, 2.05) is 93.6 Å². The number of aliphatic hydroxyl groups is 1. The molecule has 0 bridgehead atoms. The van der Waals surface area contributed by atoms with Gasteiger partial charge in [-0.05, 0) is 56.9 Å². The number of hydrogen-bond acceptors (Lipinski definition) is 5. The van der Waals surface area contributed by atoms with Gasteiger partial charge in [0.15, 0.2) is 0 Å². The molecule has 0 unspecified atom stereocenters. The van der Waals surface area contributed by atoms with Crippen LogP contribution < -0.4 is 5.73 Å². The number of benzene rings is 2. The fourth-order valence-corrected chi connectivity index (χ4v) is 3.73. The lowest BCUT2D eigenvalue weighted by atomic mass is 9.98. The summed E-state index contributed by atoms with van der Waals surface area (Å²) in [6, 6.07) is 23.0. The Labute approximate surface area is 202 Å². The minimum atomic E-state index is -0.748. The zero-order valence-corrected chi connectivity index (χ0v) is 20.2. The highest BCUT2D eigenvalue weighted by Crippen LogP contribution is 2.20. The van der Waals surface area contributed by atoms with Crippen LogP contribution in [0.25, 0.3) is 11.3 Å². The molecule has 180 valence electrons. The van der Waals surface area contributed by atoms with Gasteiger partial charge in [-0.2, -0.15) is 0 Å². The van der Waals surface area contributed by atoms with E-state index >= 15 is 0 Å². The maximum Gasteiger partial charge on any atom is 0.410 e. The molecule has 0 aliphatic rings. The van der Waals surface area contributed by atoms with Crippen LogP contribution in [0.4, 0.5) is 4.79 Å². The number of pyridine rings is 1. The summed E-state index contributed by atoms with van der Waals surface area (Å²) in [5.41, 5.74) is 9.79. The molecular weight excluding hydrogens is 426 g/mol. The van der Waals surface area contributed by atoms with Crippen molar-refractivity contribution in [1.29, 1.82) is 0 Å². The first-order chi connectivity index (χ1) is 16.2. The monoisotopic (exact) mass is 461 g/mol. The zero-order valence-electron chi connectivity index (χ0n) is 20.2. The fourth-order valence-electron chi connectivity index (χ4n) is 3.73. The zero-order chi connectivity index (χ0) is 24.6. The Balaban J connectivity index is 1.53. The predicted octanol–water partition coefficient (Wildman–Crippen LogP) is 4.81. The number of ether oxygens (including phenoxy) is 1. The maximum absolute atomic E-state index is 12.8. The van der Waals surface area contributed by atoms with E-state index in [0.29, 0.717) is 19.4 Å². The second kappa shape index (κ2) is 11.8. The average molecular weight is 462 g/mol. The van der Waals surface area contributed by atoms with Crippen LogP contribution in [0, 0.1) is 0 Å². The molecule has 2 atom stereocenters. The van der Waals surface area contributed by atoms with E-state index in [-0.39, 0.29) is 6.61 Å². The summed E-state index contributed by atoms with van der Waals surface area (Å²) >= 11 is 0. The highest BCUT2D eigenvalue weighted by atomic mass is 16.6. The van der Waals surface area contributed by atoms with Crippen LogP contribution in [0.2, 0.25) is 0 Å². The van der Waals surface area contributed by atoms with E-state index in [0.717, 1.165) is 22.4 Å². The second-order valence-corrected chi connectivity index (χ2v) is 9.50. The molecule has 2 aromatic carbocycles. The Bertz CT molecular complexity index is 1020. The molecule has 1 heterocycles. The van der Waals surface area contributed by atoms with Crippen LogP contribution in [0.15, 0.2) is 79.0 Å². The van der Waals surface area contributed by atoms with Crippen LogP contribution in [-0.4, -0.2) is 45.3 Å². The van der Waals surface area contributed by atoms with Crippen molar-refractivity contribution < 1.29 is 14.6 Å². The first kappa shape index (κ1) is 25.4. The SMILES string of the molecule is CC(C)(C)N(CC[C@H](O)[C@@H](N)Cc1ccc(-c2ccccn2)cc1)C(=O)OCc1ccccc1. The van der Waals surface area contributed by atoms with Crippen molar-refractivity contribution in [2.24, 2.45) is 5.73 Å². The van der Waals surface area contributed by atoms with Crippen molar-refractivity contribution in [3.8, 4) is 11.3 Å². The standard InChI is InChI=1S/C28H35N3O3/c1-28(2,3)31(27(33)34-20-22-9-5-4-6-10-22)18-16-26(32)24(29)19-21-12-14-23(15-13-21)25-11-7-8-17-30-25/h4-15,17,24,26,32H,16,18-20,29H2,1-3H3/t24-,26-/m0/s1. The van der Waals surface area contributed by atoms with Gasteiger partial charge in [-0.15, -0.1) is 0 Å². The number of aromatic nitrogens is 1. The topological polar surface area (TPSA) is 88.7 Å². The first-order valence-electron chi connectivity index (χ1n) is 11.7. The normalized spacial score (nSPS) is 13.2. The molecule has 0 saturated heterocycles. The van der Waals surface area contributed by atoms with Crippen molar-refractivity contribution in [3.63, 3.8) is 0 Å². The van der Waals surface area contributed by atoms with Crippen molar-refractivity contribution in [2.75, 3.05) is 6.54 Å². The molecule has 6 nitrogen and oxygen atoms in total. The van der Waals surface area contributed by atoms with Gasteiger partial charge in [0.25, 0.3) is 0 Å². The molecule has 0 aliphatic heterocycles. The van der Waals surface area contributed by atoms with E-state index in [1.54, 1.807) is 11.1 Å². The third-order valence-corrected chi connectivity index (χ3v) is 5.76. The van der Waals surface area contributed by atoms with Gasteiger partial charge in [0.1, 0.15) is 6.61 Å². The molecule has 0 saturated carbocycles. The number of carbonyl (C=O) groups excluding carboxylic acids is 1. The molecule has 3 aromatic rings. The van der Waals surface area contributed by atoms with E-state index in [4.69, 9.17) is 10.5 Å². The molecule has 0 fully saturated rings. The lowest BCUT2D eigenvalue weighted by Crippen LogP contribution is -2.48. The summed E-state index contributed by atoms with van der Waals surface area (Å²) in [7, 11) is 0. The minimum absolute atomic E-state index is 0.211. The number of carbonyl (C=O) groups is 1. The van der Waals surface area contributed by atoms with E-state index in [9.17, 15) is 9.90 Å². The van der Waals surface area contributed by atoms with Crippen LogP contribution in [0.5, 0.6) is 0 Å². The van der Waals surface area contributed by atoms with Crippen LogP contribution in [0.1, 0.15) is 38.3 Å². The maximum atomic E-state index is 12.8. The summed E-state index contributed by atoms with van der Waals surface area (Å²) in [4.78, 5) is 18.8. The van der Waals surface area contributed by atoms with Crippen LogP contribution in [0.3, 0.4) is 0 Å². The van der Waals surface area contributed by atoms with E-state index in [1.165, 1.54) is 0 Å². The number of rotatable bonds is 9. The molecule has 0 radical (unpaired) electrons. The van der Waals surface area contributed by atoms with Gasteiger partial charge in [0.05, 0.1) is 11.8 Å². The lowest BCUT2D eigenvalue weighted by molar-refractivity contribution is 0.0494. The summed E-state index contributed by atoms with van der Waals surface area (Å²) in [5.74, 6) is 0. The number of nitrogens with zero attached hydrogens (tertiary/aromatic N) is 2. The molecule has 0 spiro atoms. The van der Waals surface area contributed by atoms with Crippen LogP contribution >= 0.6 is 0 Å². The van der Waals surface area contributed by atoms with E-state index in [2.05, 4.69) is 4.98 Å². The largest absolute Gasteiger partial charge is 0.445 e. The molecule has 34 heavy (non-hydrogen) atoms. The summed E-state index contributed by atoms with van der Waals surface area (Å²) < 4.78 is 5.52. The van der Waals surface area contributed by atoms with Crippen LogP contribution in [-0.2, 0) is 17.8 Å². The molecule has 3 N–H and O–H groups in total. The van der Waals surface area contributed by atoms with Crippen molar-refractivity contribution in [1.82, 2.24) is 9.88 Å². The van der Waals surface area contributed by atoms with Crippen molar-refractivity contribution in [2.45, 2.75) is 57.9 Å². The fraction of sp³-hybridized carbons (Fsp3) is 0.357. The predicted molar refractivity (Wildman–Crippen MR) is 135 cm³/mol. The third-order valence-electron chi connectivity index (χ3n) is 5.76. The van der Waals surface area contributed by atoms with Gasteiger partial charge in [-0.1, -0.05) is 60.7 Å². The Hall–Kier alpha value is -3.22. The Kier molecular flexibility index (Phi) is 8.79. The Morgan fingerprint density at radius 1 is 1.00 bits per heavy atom. The molecule has 3 rings (SSSR count). The average Bonchev–Trinajstić information content (AvgIpc) is 2.83. The number of amides is 1. The highest BCUT2D eigenvalue weighted by Gasteiger charge is 2.29. The Morgan fingerprint density at radius 3 is 2.29 bits per heavy atom. The number of nitrogens with two attached hydrogens (primary N) is 1. The number of aliphatic hydroxyl groups excluding tert-OH is 1. The lowest BCUT2D eigenvalue weighted by Gasteiger charge is -2.35. The molecule has 1 amide bonds. The molecule has 1 aromatic heterocycles. The third kappa shape index (κ3) is 7.40. The molecule has 6 heteroatoms. The minimum Gasteiger partial charge on any atom is -0.445 e. The van der Waals surface area contributed by atoms with Crippen molar-refractivity contribution >= 4 is 6.09 Å². The highest BCUT2D eigenvalue weighted by molar-refractivity contribution is 5.68. The summed E-state index contributed by atoms with van der Waals surface area (Å²) in [6.45, 7) is 6.41. The van der Waals surface area contributed by atoms with Gasteiger partial charge in [-0.25, -0.2) is 4.79 Å². The Morgan fingerprint density at radius 2 is 1.68 bits per heavy atom. The molecular formula is C28H35N3O3. The van der Waals surface area contributed by atoms with E-state index < -0.39 is 23.8 Å². The van der Waals surface area contributed by atoms with Gasteiger partial charge in [0.2, 0.25) is 0 Å². The van der Waals surface area contributed by atoms with Gasteiger partial charge in [-0.3, -0.25) is 4.98 Å². The summed E-state index contributed by atoms with van der Waals surface area (Å²) in [6.07, 6.45) is 1.53. The second-order valence-electron chi connectivity index (χ2n) is 9.50. The quantitative estimate of drug-likeness (QED) is 0.478. The van der Waals surface area contributed by atoms with Gasteiger partial charge in [0, 0.05) is 29.9 Å². The number of hydrogen-bond donors (Lipinski definition) is 2.